The largest absolute Gasteiger partial charge is 0.497 e. The summed E-state index contributed by atoms with van der Waals surface area (Å²) in [5.41, 5.74) is 0. The van der Waals surface area contributed by atoms with Crippen LogP contribution >= 0.6 is 11.3 Å². The molecule has 2 aromatic rings. The molecule has 0 aliphatic carbocycles. The summed E-state index contributed by atoms with van der Waals surface area (Å²) in [6.07, 6.45) is 1.80. The lowest BCUT2D eigenvalue weighted by molar-refractivity contribution is 0.181. The average Bonchev–Trinajstić information content (AvgIpc) is 3.08. The summed E-state index contributed by atoms with van der Waals surface area (Å²) in [4.78, 5) is 6.82. The Hall–Kier alpha value is -1.48. The number of sulfonamides is 1. The van der Waals surface area contributed by atoms with Crippen LogP contribution in [0.4, 0.5) is 0 Å². The lowest BCUT2D eigenvalue weighted by Crippen LogP contribution is -2.48. The molecule has 0 atom stereocenters. The molecule has 1 aliphatic heterocycles. The lowest BCUT2D eigenvalue weighted by Gasteiger charge is -2.33. The van der Waals surface area contributed by atoms with Gasteiger partial charge in [0.1, 0.15) is 10.8 Å². The third-order valence-corrected chi connectivity index (χ3v) is 6.55. The minimum absolute atomic E-state index is 0.312. The number of hydrogen-bond donors (Lipinski definition) is 0. The van der Waals surface area contributed by atoms with Gasteiger partial charge in [-0.2, -0.15) is 4.31 Å². The maximum atomic E-state index is 12.7. The molecule has 1 aliphatic rings. The third kappa shape index (κ3) is 3.72. The second-order valence-corrected chi connectivity index (χ2v) is 8.20. The number of rotatable bonds is 5. The van der Waals surface area contributed by atoms with Gasteiger partial charge in [-0.1, -0.05) is 0 Å². The Kier molecular flexibility index (Phi) is 4.96. The normalized spacial score (nSPS) is 17.3. The van der Waals surface area contributed by atoms with E-state index in [1.807, 2.05) is 5.38 Å². The molecule has 0 unspecified atom stereocenters. The third-order valence-electron chi connectivity index (χ3n) is 3.87. The monoisotopic (exact) mass is 353 g/mol. The fraction of sp³-hybridized carbons (Fsp3) is 0.400. The second kappa shape index (κ2) is 6.96. The summed E-state index contributed by atoms with van der Waals surface area (Å²) < 4.78 is 32.0. The van der Waals surface area contributed by atoms with E-state index in [0.717, 1.165) is 24.6 Å². The Morgan fingerprint density at radius 1 is 1.17 bits per heavy atom. The summed E-state index contributed by atoms with van der Waals surface area (Å²) >= 11 is 1.63. The number of aromatic nitrogens is 1. The summed E-state index contributed by atoms with van der Waals surface area (Å²) in [5.74, 6) is 0.650. The zero-order valence-electron chi connectivity index (χ0n) is 12.9. The van der Waals surface area contributed by atoms with E-state index in [2.05, 4.69) is 9.88 Å². The number of methoxy groups -OCH3 is 1. The first-order chi connectivity index (χ1) is 11.1. The minimum Gasteiger partial charge on any atom is -0.497 e. The summed E-state index contributed by atoms with van der Waals surface area (Å²) in [6.45, 7) is 3.22. The molecule has 0 N–H and O–H groups in total. The molecule has 1 fully saturated rings. The van der Waals surface area contributed by atoms with Gasteiger partial charge in [0.25, 0.3) is 0 Å². The van der Waals surface area contributed by atoms with E-state index in [1.165, 1.54) is 0 Å². The van der Waals surface area contributed by atoms with E-state index in [0.29, 0.717) is 23.7 Å². The SMILES string of the molecule is COc1ccc(S(=O)(=O)N2CCN(Cc3nccs3)CC2)cc1. The molecule has 124 valence electrons. The molecule has 8 heteroatoms. The van der Waals surface area contributed by atoms with Crippen LogP contribution in [0, 0.1) is 0 Å². The van der Waals surface area contributed by atoms with Crippen LogP contribution in [0.2, 0.25) is 0 Å². The van der Waals surface area contributed by atoms with Crippen LogP contribution in [0.5, 0.6) is 5.75 Å². The van der Waals surface area contributed by atoms with E-state index in [-0.39, 0.29) is 0 Å². The highest BCUT2D eigenvalue weighted by Gasteiger charge is 2.28. The van der Waals surface area contributed by atoms with Crippen LogP contribution in [-0.4, -0.2) is 55.9 Å². The molecule has 6 nitrogen and oxygen atoms in total. The van der Waals surface area contributed by atoms with E-state index < -0.39 is 10.0 Å². The molecule has 23 heavy (non-hydrogen) atoms. The van der Waals surface area contributed by atoms with Crippen LogP contribution in [-0.2, 0) is 16.6 Å². The molecule has 0 spiro atoms. The number of nitrogens with zero attached hydrogens (tertiary/aromatic N) is 3. The predicted molar refractivity (Wildman–Crippen MR) is 89.1 cm³/mol. The summed E-state index contributed by atoms with van der Waals surface area (Å²) in [5, 5.41) is 3.02. The molecule has 2 heterocycles. The minimum atomic E-state index is -3.43. The van der Waals surface area contributed by atoms with E-state index in [9.17, 15) is 8.42 Å². The second-order valence-electron chi connectivity index (χ2n) is 5.28. The molecule has 3 rings (SSSR count). The first kappa shape index (κ1) is 16.4. The van der Waals surface area contributed by atoms with Gasteiger partial charge in [0.05, 0.1) is 18.6 Å². The maximum Gasteiger partial charge on any atom is 0.243 e. The zero-order valence-corrected chi connectivity index (χ0v) is 14.5. The van der Waals surface area contributed by atoms with Gasteiger partial charge in [-0.05, 0) is 24.3 Å². The number of hydrogen-bond acceptors (Lipinski definition) is 6. The van der Waals surface area contributed by atoms with Gasteiger partial charge in [-0.25, -0.2) is 13.4 Å². The standard InChI is InChI=1S/C15H19N3O3S2/c1-21-13-2-4-14(5-3-13)23(19,20)18-9-7-17(8-10-18)12-15-16-6-11-22-15/h2-6,11H,7-10,12H2,1H3. The molecular weight excluding hydrogens is 334 g/mol. The highest BCUT2D eigenvalue weighted by molar-refractivity contribution is 7.89. The molecular formula is C15H19N3O3S2. The van der Waals surface area contributed by atoms with Crippen molar-refractivity contribution < 1.29 is 13.2 Å². The van der Waals surface area contributed by atoms with Gasteiger partial charge in [0.15, 0.2) is 0 Å². The molecule has 1 aromatic heterocycles. The number of ether oxygens (including phenoxy) is 1. The van der Waals surface area contributed by atoms with E-state index in [1.54, 1.807) is 53.2 Å². The Morgan fingerprint density at radius 2 is 1.87 bits per heavy atom. The topological polar surface area (TPSA) is 62.7 Å². The quantitative estimate of drug-likeness (QED) is 0.818. The summed E-state index contributed by atoms with van der Waals surface area (Å²) in [6, 6.07) is 6.53. The van der Waals surface area contributed by atoms with Crippen molar-refractivity contribution in [2.75, 3.05) is 33.3 Å². The van der Waals surface area contributed by atoms with Crippen LogP contribution in [0.3, 0.4) is 0 Å². The van der Waals surface area contributed by atoms with Gasteiger partial charge >= 0.3 is 0 Å². The highest BCUT2D eigenvalue weighted by Crippen LogP contribution is 2.21. The fourth-order valence-electron chi connectivity index (χ4n) is 2.55. The first-order valence-corrected chi connectivity index (χ1v) is 9.66. The van der Waals surface area contributed by atoms with Crippen molar-refractivity contribution >= 4 is 21.4 Å². The van der Waals surface area contributed by atoms with Gasteiger partial charge < -0.3 is 4.74 Å². The van der Waals surface area contributed by atoms with Crippen molar-refractivity contribution in [1.82, 2.24) is 14.2 Å². The Labute approximate surface area is 140 Å². The molecule has 0 radical (unpaired) electrons. The van der Waals surface area contributed by atoms with Crippen LogP contribution < -0.4 is 4.74 Å². The average molecular weight is 353 g/mol. The van der Waals surface area contributed by atoms with Crippen molar-refractivity contribution in [3.8, 4) is 5.75 Å². The number of benzene rings is 1. The number of thiazole rings is 1. The number of piperazine rings is 1. The summed E-state index contributed by atoms with van der Waals surface area (Å²) in [7, 11) is -1.87. The fourth-order valence-corrected chi connectivity index (χ4v) is 4.63. The maximum absolute atomic E-state index is 12.7. The smallest absolute Gasteiger partial charge is 0.243 e. The van der Waals surface area contributed by atoms with E-state index in [4.69, 9.17) is 4.74 Å². The molecule has 1 saturated heterocycles. The predicted octanol–water partition coefficient (Wildman–Crippen LogP) is 1.66. The Morgan fingerprint density at radius 3 is 2.43 bits per heavy atom. The van der Waals surface area contributed by atoms with Crippen molar-refractivity contribution in [3.05, 3.63) is 40.8 Å². The lowest BCUT2D eigenvalue weighted by atomic mass is 10.3. The first-order valence-electron chi connectivity index (χ1n) is 7.34. The van der Waals surface area contributed by atoms with Gasteiger partial charge in [-0.15, -0.1) is 11.3 Å². The Balaban J connectivity index is 1.63. The van der Waals surface area contributed by atoms with Crippen molar-refractivity contribution in [2.45, 2.75) is 11.4 Å². The van der Waals surface area contributed by atoms with Crippen molar-refractivity contribution in [1.29, 1.82) is 0 Å². The zero-order chi connectivity index (χ0) is 16.3. The molecule has 0 amide bonds. The van der Waals surface area contributed by atoms with Gasteiger partial charge in [0, 0.05) is 37.8 Å². The van der Waals surface area contributed by atoms with Crippen LogP contribution in [0.25, 0.3) is 0 Å². The van der Waals surface area contributed by atoms with Crippen molar-refractivity contribution in [3.63, 3.8) is 0 Å². The molecule has 0 bridgehead atoms. The molecule has 1 aromatic carbocycles. The van der Waals surface area contributed by atoms with Crippen molar-refractivity contribution in [2.24, 2.45) is 0 Å². The van der Waals surface area contributed by atoms with Crippen LogP contribution in [0.15, 0.2) is 40.7 Å². The highest BCUT2D eigenvalue weighted by atomic mass is 32.2. The van der Waals surface area contributed by atoms with Gasteiger partial charge in [-0.3, -0.25) is 4.90 Å². The van der Waals surface area contributed by atoms with Crippen LogP contribution in [0.1, 0.15) is 5.01 Å². The molecule has 0 saturated carbocycles. The van der Waals surface area contributed by atoms with E-state index >= 15 is 0 Å². The van der Waals surface area contributed by atoms with Gasteiger partial charge in [0.2, 0.25) is 10.0 Å². The Bertz CT molecular complexity index is 722.